The van der Waals surface area contributed by atoms with Gasteiger partial charge in [0.1, 0.15) is 0 Å². The number of hydrogen-bond donors (Lipinski definition) is 1. The van der Waals surface area contributed by atoms with Crippen LogP contribution in [0, 0.1) is 5.92 Å². The van der Waals surface area contributed by atoms with Gasteiger partial charge in [0.25, 0.3) is 0 Å². The maximum absolute atomic E-state index is 3.60. The summed E-state index contributed by atoms with van der Waals surface area (Å²) in [6, 6.07) is 11.4. The third-order valence-corrected chi connectivity index (χ3v) is 3.45. The van der Waals surface area contributed by atoms with E-state index in [1.165, 1.54) is 24.8 Å². The molecule has 0 radical (unpaired) electrons. The normalized spacial score (nSPS) is 14.7. The van der Waals surface area contributed by atoms with E-state index in [1.54, 1.807) is 0 Å². The molecule has 0 aliphatic rings. The molecule has 16 heavy (non-hydrogen) atoms. The van der Waals surface area contributed by atoms with E-state index in [0.29, 0.717) is 6.04 Å². The number of hydrogen-bond acceptors (Lipinski definition) is 1. The molecule has 1 N–H and O–H groups in total. The lowest BCUT2D eigenvalue weighted by Crippen LogP contribution is -2.32. The molecule has 1 aromatic carbocycles. The monoisotopic (exact) mass is 219 g/mol. The number of rotatable bonds is 7. The van der Waals surface area contributed by atoms with Crippen molar-refractivity contribution in [3.63, 3.8) is 0 Å². The van der Waals surface area contributed by atoms with Crippen molar-refractivity contribution in [2.75, 3.05) is 6.54 Å². The van der Waals surface area contributed by atoms with Gasteiger partial charge in [0.05, 0.1) is 0 Å². The van der Waals surface area contributed by atoms with Gasteiger partial charge in [-0.05, 0) is 37.8 Å². The highest BCUT2D eigenvalue weighted by Gasteiger charge is 2.08. The van der Waals surface area contributed by atoms with Crippen LogP contribution in [-0.4, -0.2) is 12.6 Å². The number of benzene rings is 1. The molecule has 1 nitrogen and oxygen atoms in total. The van der Waals surface area contributed by atoms with Crippen LogP contribution in [0.25, 0.3) is 0 Å². The largest absolute Gasteiger partial charge is 0.314 e. The van der Waals surface area contributed by atoms with Crippen molar-refractivity contribution in [2.24, 2.45) is 5.92 Å². The molecule has 0 aliphatic heterocycles. The summed E-state index contributed by atoms with van der Waals surface area (Å²) < 4.78 is 0. The zero-order chi connectivity index (χ0) is 11.8. The molecular weight excluding hydrogens is 194 g/mol. The summed E-state index contributed by atoms with van der Waals surface area (Å²) in [4.78, 5) is 0. The first-order valence-electron chi connectivity index (χ1n) is 6.51. The minimum atomic E-state index is 0.640. The maximum atomic E-state index is 3.60. The minimum Gasteiger partial charge on any atom is -0.314 e. The Morgan fingerprint density at radius 2 is 1.81 bits per heavy atom. The SMILES string of the molecule is CCC(C)C(C)NCCCc1ccccc1. The van der Waals surface area contributed by atoms with Gasteiger partial charge in [-0.2, -0.15) is 0 Å². The summed E-state index contributed by atoms with van der Waals surface area (Å²) in [7, 11) is 0. The smallest absolute Gasteiger partial charge is 0.00642 e. The molecule has 1 heteroatoms. The first-order chi connectivity index (χ1) is 7.74. The zero-order valence-corrected chi connectivity index (χ0v) is 10.9. The molecular formula is C15H25N. The second-order valence-corrected chi connectivity index (χ2v) is 4.72. The van der Waals surface area contributed by atoms with Crippen LogP contribution in [0.5, 0.6) is 0 Å². The third-order valence-electron chi connectivity index (χ3n) is 3.45. The van der Waals surface area contributed by atoms with Crippen molar-refractivity contribution in [3.8, 4) is 0 Å². The van der Waals surface area contributed by atoms with Crippen molar-refractivity contribution >= 4 is 0 Å². The molecule has 0 saturated carbocycles. The van der Waals surface area contributed by atoms with E-state index in [-0.39, 0.29) is 0 Å². The lowest BCUT2D eigenvalue weighted by molar-refractivity contribution is 0.389. The first-order valence-corrected chi connectivity index (χ1v) is 6.51. The fourth-order valence-corrected chi connectivity index (χ4v) is 1.82. The van der Waals surface area contributed by atoms with E-state index < -0.39 is 0 Å². The van der Waals surface area contributed by atoms with Crippen LogP contribution in [0.4, 0.5) is 0 Å². The highest BCUT2D eigenvalue weighted by molar-refractivity contribution is 5.14. The molecule has 0 saturated heterocycles. The molecule has 1 aromatic rings. The highest BCUT2D eigenvalue weighted by atomic mass is 14.9. The lowest BCUT2D eigenvalue weighted by Gasteiger charge is -2.19. The minimum absolute atomic E-state index is 0.640. The molecule has 0 aromatic heterocycles. The van der Waals surface area contributed by atoms with Crippen LogP contribution in [0.1, 0.15) is 39.2 Å². The van der Waals surface area contributed by atoms with Crippen LogP contribution >= 0.6 is 0 Å². The average Bonchev–Trinajstić information content (AvgIpc) is 2.34. The maximum Gasteiger partial charge on any atom is 0.00642 e. The van der Waals surface area contributed by atoms with E-state index >= 15 is 0 Å². The molecule has 2 atom stereocenters. The van der Waals surface area contributed by atoms with Gasteiger partial charge >= 0.3 is 0 Å². The predicted molar refractivity (Wildman–Crippen MR) is 71.7 cm³/mol. The van der Waals surface area contributed by atoms with Gasteiger partial charge in [0.15, 0.2) is 0 Å². The Labute approximate surface area is 100 Å². The zero-order valence-electron chi connectivity index (χ0n) is 10.9. The molecule has 0 bridgehead atoms. The van der Waals surface area contributed by atoms with E-state index in [0.717, 1.165) is 12.5 Å². The Bertz CT molecular complexity index is 268. The molecule has 2 unspecified atom stereocenters. The quantitative estimate of drug-likeness (QED) is 0.690. The molecule has 0 heterocycles. The fourth-order valence-electron chi connectivity index (χ4n) is 1.82. The Kier molecular flexibility index (Phi) is 6.17. The topological polar surface area (TPSA) is 12.0 Å². The summed E-state index contributed by atoms with van der Waals surface area (Å²) in [6.45, 7) is 7.98. The van der Waals surface area contributed by atoms with Crippen LogP contribution in [-0.2, 0) is 6.42 Å². The number of aryl methyl sites for hydroxylation is 1. The van der Waals surface area contributed by atoms with Gasteiger partial charge in [0.2, 0.25) is 0 Å². The molecule has 0 aliphatic carbocycles. The van der Waals surface area contributed by atoms with Crippen molar-refractivity contribution in [1.82, 2.24) is 5.32 Å². The van der Waals surface area contributed by atoms with Crippen LogP contribution in [0.3, 0.4) is 0 Å². The predicted octanol–water partition coefficient (Wildman–Crippen LogP) is 3.64. The van der Waals surface area contributed by atoms with E-state index in [2.05, 4.69) is 56.4 Å². The van der Waals surface area contributed by atoms with E-state index in [9.17, 15) is 0 Å². The average molecular weight is 219 g/mol. The van der Waals surface area contributed by atoms with Gasteiger partial charge in [-0.15, -0.1) is 0 Å². The van der Waals surface area contributed by atoms with Crippen LogP contribution < -0.4 is 5.32 Å². The van der Waals surface area contributed by atoms with Gasteiger partial charge < -0.3 is 5.32 Å². The fraction of sp³-hybridized carbons (Fsp3) is 0.600. The highest BCUT2D eigenvalue weighted by Crippen LogP contribution is 2.07. The summed E-state index contributed by atoms with van der Waals surface area (Å²) in [5, 5.41) is 3.60. The summed E-state index contributed by atoms with van der Waals surface area (Å²) in [5.41, 5.74) is 1.44. The van der Waals surface area contributed by atoms with Gasteiger partial charge in [-0.3, -0.25) is 0 Å². The first kappa shape index (κ1) is 13.2. The molecule has 90 valence electrons. The van der Waals surface area contributed by atoms with Gasteiger partial charge in [-0.25, -0.2) is 0 Å². The standard InChI is InChI=1S/C15H25N/c1-4-13(2)14(3)16-12-8-11-15-9-6-5-7-10-15/h5-7,9-10,13-14,16H,4,8,11-12H2,1-3H3. The Balaban J connectivity index is 2.13. The Morgan fingerprint density at radius 1 is 1.12 bits per heavy atom. The lowest BCUT2D eigenvalue weighted by atomic mass is 10.0. The summed E-state index contributed by atoms with van der Waals surface area (Å²) >= 11 is 0. The van der Waals surface area contributed by atoms with Crippen molar-refractivity contribution in [1.29, 1.82) is 0 Å². The number of nitrogens with one attached hydrogen (secondary N) is 1. The van der Waals surface area contributed by atoms with Crippen LogP contribution in [0.15, 0.2) is 30.3 Å². The summed E-state index contributed by atoms with van der Waals surface area (Å²) in [6.07, 6.45) is 3.67. The molecule has 0 amide bonds. The van der Waals surface area contributed by atoms with E-state index in [1.807, 2.05) is 0 Å². The van der Waals surface area contributed by atoms with Crippen molar-refractivity contribution in [3.05, 3.63) is 35.9 Å². The second kappa shape index (κ2) is 7.45. The molecule has 0 spiro atoms. The molecule has 1 rings (SSSR count). The van der Waals surface area contributed by atoms with Gasteiger partial charge in [0, 0.05) is 6.04 Å². The molecule has 0 fully saturated rings. The van der Waals surface area contributed by atoms with Gasteiger partial charge in [-0.1, -0.05) is 50.6 Å². The van der Waals surface area contributed by atoms with Crippen molar-refractivity contribution in [2.45, 2.75) is 46.1 Å². The Hall–Kier alpha value is -0.820. The third kappa shape index (κ3) is 4.80. The second-order valence-electron chi connectivity index (χ2n) is 4.72. The van der Waals surface area contributed by atoms with Crippen molar-refractivity contribution < 1.29 is 0 Å². The van der Waals surface area contributed by atoms with Crippen LogP contribution in [0.2, 0.25) is 0 Å². The van der Waals surface area contributed by atoms with E-state index in [4.69, 9.17) is 0 Å². The summed E-state index contributed by atoms with van der Waals surface area (Å²) in [5.74, 6) is 0.775. The Morgan fingerprint density at radius 3 is 2.44 bits per heavy atom.